The topological polar surface area (TPSA) is 17.0 Å². The first-order valence-electron chi connectivity index (χ1n) is 12.4. The minimum atomic E-state index is 0.564. The minimum Gasteiger partial charge on any atom is -0.343 e. The Morgan fingerprint density at radius 1 is 0.968 bits per heavy atom. The average molecular weight is 413 g/mol. The van der Waals surface area contributed by atoms with E-state index in [0.717, 1.165) is 30.8 Å². The van der Waals surface area contributed by atoms with Crippen molar-refractivity contribution < 1.29 is 0 Å². The summed E-state index contributed by atoms with van der Waals surface area (Å²) in [7, 11) is 0. The average Bonchev–Trinajstić information content (AvgIpc) is 3.09. The molecule has 0 saturated heterocycles. The number of rotatable bonds is 6. The number of aromatic nitrogens is 1. The van der Waals surface area contributed by atoms with E-state index in [-0.39, 0.29) is 0 Å². The van der Waals surface area contributed by atoms with Gasteiger partial charge in [-0.25, -0.2) is 0 Å². The van der Waals surface area contributed by atoms with Gasteiger partial charge in [-0.05, 0) is 92.7 Å². The number of nitrogens with zero attached hydrogens (tertiary/aromatic N) is 1. The maximum Gasteiger partial charge on any atom is 0.0486 e. The van der Waals surface area contributed by atoms with Gasteiger partial charge in [-0.15, -0.1) is 0 Å². The number of fused-ring (bicyclic) bond motifs is 1. The molecule has 4 aliphatic rings. The molecule has 1 heterocycles. The molecule has 4 fully saturated rings. The number of hydrogen-bond donors (Lipinski definition) is 1. The van der Waals surface area contributed by atoms with Gasteiger partial charge in [0.05, 0.1) is 0 Å². The Bertz CT molecular complexity index is 1060. The third-order valence-electron chi connectivity index (χ3n) is 8.91. The highest BCUT2D eigenvalue weighted by atomic mass is 15.0. The minimum absolute atomic E-state index is 0.564. The van der Waals surface area contributed by atoms with Gasteiger partial charge < -0.3 is 9.88 Å². The Morgan fingerprint density at radius 2 is 1.68 bits per heavy atom. The molecule has 162 valence electrons. The van der Waals surface area contributed by atoms with Crippen LogP contribution in [-0.4, -0.2) is 10.6 Å². The summed E-state index contributed by atoms with van der Waals surface area (Å²) in [6.45, 7) is 6.58. The smallest absolute Gasteiger partial charge is 0.0486 e. The fraction of sp³-hybridized carbons (Fsp3) is 0.517. The van der Waals surface area contributed by atoms with Crippen LogP contribution in [0.3, 0.4) is 0 Å². The van der Waals surface area contributed by atoms with Gasteiger partial charge in [0, 0.05) is 36.2 Å². The first kappa shape index (κ1) is 19.6. The van der Waals surface area contributed by atoms with Gasteiger partial charge in [-0.1, -0.05) is 48.0 Å². The van der Waals surface area contributed by atoms with Crippen molar-refractivity contribution in [1.29, 1.82) is 0 Å². The Kier molecular flexibility index (Phi) is 4.76. The molecule has 7 rings (SSSR count). The predicted molar refractivity (Wildman–Crippen MR) is 129 cm³/mol. The molecule has 1 atom stereocenters. The summed E-state index contributed by atoms with van der Waals surface area (Å²) in [6.07, 6.45) is 11.4. The van der Waals surface area contributed by atoms with Crippen molar-refractivity contribution in [1.82, 2.24) is 9.88 Å². The van der Waals surface area contributed by atoms with Crippen LogP contribution in [0.4, 0.5) is 0 Å². The first-order chi connectivity index (χ1) is 15.1. The van der Waals surface area contributed by atoms with E-state index in [9.17, 15) is 0 Å². The van der Waals surface area contributed by atoms with Crippen LogP contribution < -0.4 is 5.32 Å². The quantitative estimate of drug-likeness (QED) is 0.477. The molecule has 2 nitrogen and oxygen atoms in total. The van der Waals surface area contributed by atoms with Crippen molar-refractivity contribution in [2.45, 2.75) is 71.5 Å². The Hall–Kier alpha value is -2.06. The second kappa shape index (κ2) is 7.52. The van der Waals surface area contributed by atoms with E-state index < -0.39 is 0 Å². The number of benzene rings is 2. The monoisotopic (exact) mass is 412 g/mol. The second-order valence-corrected chi connectivity index (χ2v) is 11.2. The standard InChI is InChI=1S/C29H36N2/c1-20-6-5-7-22(10-20)18-31-19-26(27-8-3-4-9-28(27)31)17-30-21(2)29-14-23-11-24(15-29)13-25(12-23)16-29/h3-10,19,21,23-25,30H,11-18H2,1-2H3/t21-,23?,24?,25?,29?/m0/s1. The van der Waals surface area contributed by atoms with Crippen LogP contribution in [0.1, 0.15) is 62.1 Å². The molecule has 2 aromatic carbocycles. The summed E-state index contributed by atoms with van der Waals surface area (Å²) in [6, 6.07) is 18.4. The van der Waals surface area contributed by atoms with Crippen LogP contribution in [0.5, 0.6) is 0 Å². The zero-order chi connectivity index (χ0) is 21.0. The molecule has 31 heavy (non-hydrogen) atoms. The lowest BCUT2D eigenvalue weighted by Crippen LogP contribution is -2.54. The molecule has 1 N–H and O–H groups in total. The van der Waals surface area contributed by atoms with Crippen LogP contribution in [0.15, 0.2) is 54.7 Å². The first-order valence-corrected chi connectivity index (χ1v) is 12.4. The lowest BCUT2D eigenvalue weighted by Gasteiger charge is -2.59. The maximum atomic E-state index is 4.02. The van der Waals surface area contributed by atoms with Crippen LogP contribution in [0.25, 0.3) is 10.9 Å². The van der Waals surface area contributed by atoms with Crippen LogP contribution in [-0.2, 0) is 13.1 Å². The molecular formula is C29H36N2. The molecule has 1 aromatic heterocycles. The SMILES string of the molecule is Cc1cccc(Cn2cc(CN[C@@H](C)C34CC5CC(CC(C5)C3)C4)c3ccccc32)c1. The van der Waals surface area contributed by atoms with Crippen molar-refractivity contribution in [3.8, 4) is 0 Å². The Labute approximate surface area is 187 Å². The Balaban J connectivity index is 1.23. The number of hydrogen-bond acceptors (Lipinski definition) is 1. The van der Waals surface area contributed by atoms with Crippen LogP contribution in [0, 0.1) is 30.1 Å². The fourth-order valence-corrected chi connectivity index (χ4v) is 7.79. The number of nitrogens with one attached hydrogen (secondary N) is 1. The van der Waals surface area contributed by atoms with E-state index in [1.54, 1.807) is 0 Å². The summed E-state index contributed by atoms with van der Waals surface area (Å²) in [4.78, 5) is 0. The highest BCUT2D eigenvalue weighted by Crippen LogP contribution is 2.61. The summed E-state index contributed by atoms with van der Waals surface area (Å²) >= 11 is 0. The van der Waals surface area contributed by atoms with Crippen LogP contribution >= 0.6 is 0 Å². The molecule has 0 aliphatic heterocycles. The van der Waals surface area contributed by atoms with Gasteiger partial charge in [0.25, 0.3) is 0 Å². The highest BCUT2D eigenvalue weighted by Gasteiger charge is 2.52. The second-order valence-electron chi connectivity index (χ2n) is 11.2. The molecule has 0 spiro atoms. The molecule has 2 heteroatoms. The summed E-state index contributed by atoms with van der Waals surface area (Å²) in [5, 5.41) is 5.42. The molecule has 0 amide bonds. The molecule has 4 saturated carbocycles. The Morgan fingerprint density at radius 3 is 2.39 bits per heavy atom. The van der Waals surface area contributed by atoms with E-state index in [1.165, 1.54) is 66.1 Å². The summed E-state index contributed by atoms with van der Waals surface area (Å²) in [5.74, 6) is 3.06. The maximum absolute atomic E-state index is 4.02. The lowest BCUT2D eigenvalue weighted by atomic mass is 9.48. The summed E-state index contributed by atoms with van der Waals surface area (Å²) < 4.78 is 2.44. The van der Waals surface area contributed by atoms with Gasteiger partial charge in [-0.2, -0.15) is 0 Å². The van der Waals surface area contributed by atoms with Crippen molar-refractivity contribution in [2.75, 3.05) is 0 Å². The largest absolute Gasteiger partial charge is 0.343 e. The van der Waals surface area contributed by atoms with E-state index in [0.29, 0.717) is 11.5 Å². The van der Waals surface area contributed by atoms with Crippen LogP contribution in [0.2, 0.25) is 0 Å². The van der Waals surface area contributed by atoms with Gasteiger partial charge in [0.15, 0.2) is 0 Å². The molecular weight excluding hydrogens is 376 g/mol. The van der Waals surface area contributed by atoms with Crippen molar-refractivity contribution in [2.24, 2.45) is 23.2 Å². The van der Waals surface area contributed by atoms with Gasteiger partial charge in [-0.3, -0.25) is 0 Å². The van der Waals surface area contributed by atoms with E-state index in [1.807, 2.05) is 0 Å². The van der Waals surface area contributed by atoms with Gasteiger partial charge >= 0.3 is 0 Å². The normalized spacial score (nSPS) is 30.2. The fourth-order valence-electron chi connectivity index (χ4n) is 7.79. The molecule has 4 aliphatic carbocycles. The molecule has 0 radical (unpaired) electrons. The lowest BCUT2D eigenvalue weighted by molar-refractivity contribution is -0.0706. The van der Waals surface area contributed by atoms with Crippen molar-refractivity contribution in [3.63, 3.8) is 0 Å². The van der Waals surface area contributed by atoms with Crippen molar-refractivity contribution in [3.05, 3.63) is 71.4 Å². The van der Waals surface area contributed by atoms with Crippen molar-refractivity contribution >= 4 is 10.9 Å². The summed E-state index contributed by atoms with van der Waals surface area (Å²) in [5.41, 5.74) is 6.07. The zero-order valence-electron chi connectivity index (χ0n) is 19.1. The predicted octanol–water partition coefficient (Wildman–Crippen LogP) is 6.69. The third-order valence-corrected chi connectivity index (χ3v) is 8.91. The van der Waals surface area contributed by atoms with E-state index >= 15 is 0 Å². The highest BCUT2D eigenvalue weighted by molar-refractivity contribution is 5.84. The zero-order valence-corrected chi connectivity index (χ0v) is 19.1. The number of para-hydroxylation sites is 1. The number of aryl methyl sites for hydroxylation is 1. The van der Waals surface area contributed by atoms with Gasteiger partial charge in [0.1, 0.15) is 0 Å². The molecule has 3 aromatic rings. The molecule has 0 unspecified atom stereocenters. The van der Waals surface area contributed by atoms with E-state index in [4.69, 9.17) is 0 Å². The van der Waals surface area contributed by atoms with E-state index in [2.05, 4.69) is 78.5 Å². The van der Waals surface area contributed by atoms with Gasteiger partial charge in [0.2, 0.25) is 0 Å². The molecule has 4 bridgehead atoms. The third kappa shape index (κ3) is 3.53.